The number of hydrogen-bond donors (Lipinski definition) is 0. The van der Waals surface area contributed by atoms with Gasteiger partial charge in [0.1, 0.15) is 0 Å². The van der Waals surface area contributed by atoms with Gasteiger partial charge in [0.05, 0.1) is 5.69 Å². The Kier molecular flexibility index (Phi) is 11.4. The van der Waals surface area contributed by atoms with Gasteiger partial charge in [0.25, 0.3) is 0 Å². The van der Waals surface area contributed by atoms with Crippen LogP contribution in [0.5, 0.6) is 0 Å². The molecule has 2 rings (SSSR count). The van der Waals surface area contributed by atoms with Crippen molar-refractivity contribution < 1.29 is 46.9 Å². The third-order valence-electron chi connectivity index (χ3n) is 3.33. The topological polar surface area (TPSA) is 12.4 Å². The predicted molar refractivity (Wildman–Crippen MR) is 81.6 cm³/mol. The van der Waals surface area contributed by atoms with E-state index >= 15 is 0 Å². The van der Waals surface area contributed by atoms with Gasteiger partial charge in [-0.1, -0.05) is 39.0 Å². The van der Waals surface area contributed by atoms with Crippen LogP contribution in [0.1, 0.15) is 58.9 Å². The molecule has 1 saturated carbocycles. The predicted octanol–water partition coefficient (Wildman–Crippen LogP) is 5.52. The molecule has 0 aromatic heterocycles. The molecule has 0 spiro atoms. The fourth-order valence-corrected chi connectivity index (χ4v) is 2.17. The summed E-state index contributed by atoms with van der Waals surface area (Å²) >= 11 is 0. The Morgan fingerprint density at radius 2 is 1.68 bits per heavy atom. The molecule has 1 nitrogen and oxygen atoms in total. The van der Waals surface area contributed by atoms with E-state index in [1.165, 1.54) is 29.8 Å². The van der Waals surface area contributed by atoms with Crippen LogP contribution in [-0.4, -0.2) is 5.71 Å². The van der Waals surface area contributed by atoms with Crippen LogP contribution in [-0.2, 0) is 6.42 Å². The van der Waals surface area contributed by atoms with Gasteiger partial charge in [0.2, 0.25) is 0 Å². The first-order valence-electron chi connectivity index (χ1n) is 7.25. The van der Waals surface area contributed by atoms with Crippen molar-refractivity contribution in [3.05, 3.63) is 35.7 Å². The first-order valence-corrected chi connectivity index (χ1v) is 7.25. The van der Waals surface area contributed by atoms with Gasteiger partial charge in [-0.15, -0.1) is 0 Å². The van der Waals surface area contributed by atoms with Gasteiger partial charge in [-0.3, -0.25) is 4.99 Å². The molecule has 1 aliphatic rings. The molecule has 1 fully saturated rings. The number of para-hydroxylation sites is 1. The van der Waals surface area contributed by atoms with E-state index < -0.39 is 0 Å². The number of aryl methyl sites for hydroxylation is 1. The maximum atomic E-state index is 4.83. The van der Waals surface area contributed by atoms with E-state index in [0.717, 1.165) is 19.3 Å². The van der Waals surface area contributed by atoms with Crippen LogP contribution in [0.25, 0.3) is 0 Å². The van der Waals surface area contributed by atoms with Gasteiger partial charge < -0.3 is 5.92 Å². The summed E-state index contributed by atoms with van der Waals surface area (Å²) in [6.45, 7) is 8.45. The Morgan fingerprint density at radius 1 is 1.11 bits per heavy atom. The maximum absolute atomic E-state index is 4.83. The standard InChI is InChI=1S/C15H20N.C2H6.Yb/c1-3-13-6-4-5-7-15(13)16-14-10-8-12(2)9-11-14;1-2;/h4-7H,3,8-11H2,1-2H3;1-2H3;/q-1;;. The van der Waals surface area contributed by atoms with Crippen molar-refractivity contribution in [2.45, 2.75) is 59.8 Å². The molecule has 1 aromatic rings. The number of aliphatic imine (C=N–C) groups is 1. The van der Waals surface area contributed by atoms with Crippen molar-refractivity contribution in [2.24, 2.45) is 4.99 Å². The summed E-state index contributed by atoms with van der Waals surface area (Å²) in [5, 5.41) is 0. The normalized spacial score (nSPS) is 15.1. The zero-order valence-electron chi connectivity index (χ0n) is 12.6. The smallest absolute Gasteiger partial charge is 0.0660 e. The van der Waals surface area contributed by atoms with Crippen LogP contribution in [0.15, 0.2) is 29.3 Å². The zero-order valence-corrected chi connectivity index (χ0v) is 14.3. The van der Waals surface area contributed by atoms with Crippen molar-refractivity contribution in [2.75, 3.05) is 0 Å². The molecule has 1 aliphatic carbocycles. The molecule has 0 N–H and O–H groups in total. The molecule has 0 atom stereocenters. The summed E-state index contributed by atoms with van der Waals surface area (Å²) in [7, 11) is 0. The quantitative estimate of drug-likeness (QED) is 0.562. The van der Waals surface area contributed by atoms with Crippen molar-refractivity contribution in [1.29, 1.82) is 0 Å². The molecule has 0 unspecified atom stereocenters. The van der Waals surface area contributed by atoms with Crippen molar-refractivity contribution in [3.8, 4) is 0 Å². The first-order chi connectivity index (χ1) is 8.79. The summed E-state index contributed by atoms with van der Waals surface area (Å²) < 4.78 is 0. The fraction of sp³-hybridized carbons (Fsp3) is 0.529. The minimum atomic E-state index is 0. The molecule has 0 saturated heterocycles. The molecule has 19 heavy (non-hydrogen) atoms. The van der Waals surface area contributed by atoms with Gasteiger partial charge in [-0.05, 0) is 30.9 Å². The largest absolute Gasteiger partial charge is 0.316 e. The molecule has 0 aliphatic heterocycles. The molecule has 0 radical (unpaired) electrons. The maximum Gasteiger partial charge on any atom is 0.0660 e. The molecule has 1 aromatic carbocycles. The monoisotopic (exact) mass is 418 g/mol. The third-order valence-corrected chi connectivity index (χ3v) is 3.33. The van der Waals surface area contributed by atoms with E-state index in [9.17, 15) is 0 Å². The zero-order chi connectivity index (χ0) is 13.4. The fourth-order valence-electron chi connectivity index (χ4n) is 2.17. The summed E-state index contributed by atoms with van der Waals surface area (Å²) in [6.07, 6.45) is 5.84. The van der Waals surface area contributed by atoms with Gasteiger partial charge in [0.15, 0.2) is 0 Å². The van der Waals surface area contributed by atoms with E-state index in [0.29, 0.717) is 0 Å². The van der Waals surface area contributed by atoms with E-state index in [4.69, 9.17) is 4.99 Å². The number of benzene rings is 1. The minimum absolute atomic E-state index is 0. The van der Waals surface area contributed by atoms with Crippen LogP contribution in [0.2, 0.25) is 0 Å². The van der Waals surface area contributed by atoms with Gasteiger partial charge >= 0.3 is 0 Å². The molecule has 0 amide bonds. The molecule has 0 heterocycles. The Balaban J connectivity index is 0.00000103. The summed E-state index contributed by atoms with van der Waals surface area (Å²) in [5.74, 6) is 1.63. The van der Waals surface area contributed by atoms with Crippen LogP contribution >= 0.6 is 0 Å². The van der Waals surface area contributed by atoms with Gasteiger partial charge in [-0.25, -0.2) is 0 Å². The molecule has 0 bridgehead atoms. The van der Waals surface area contributed by atoms with Crippen LogP contribution in [0.3, 0.4) is 0 Å². The van der Waals surface area contributed by atoms with Crippen molar-refractivity contribution in [1.82, 2.24) is 0 Å². The Labute approximate surface area is 157 Å². The van der Waals surface area contributed by atoms with Crippen LogP contribution in [0, 0.1) is 52.8 Å². The summed E-state index contributed by atoms with van der Waals surface area (Å²) in [5.41, 5.74) is 3.92. The average Bonchev–Trinajstić information content (AvgIpc) is 2.44. The number of nitrogens with zero attached hydrogens (tertiary/aromatic N) is 1. The van der Waals surface area contributed by atoms with E-state index in [1.54, 1.807) is 5.92 Å². The van der Waals surface area contributed by atoms with Crippen molar-refractivity contribution >= 4 is 11.4 Å². The van der Waals surface area contributed by atoms with E-state index in [1.807, 2.05) is 13.8 Å². The van der Waals surface area contributed by atoms with Gasteiger partial charge in [0, 0.05) is 52.6 Å². The molecular weight excluding hydrogens is 391 g/mol. The second-order valence-electron chi connectivity index (χ2n) is 4.62. The first kappa shape index (κ1) is 19.4. The molecular formula is C17H26NYb-. The van der Waals surface area contributed by atoms with Crippen LogP contribution in [0.4, 0.5) is 5.69 Å². The number of hydrogen-bond acceptors (Lipinski definition) is 1. The summed E-state index contributed by atoms with van der Waals surface area (Å²) in [4.78, 5) is 4.83. The summed E-state index contributed by atoms with van der Waals surface area (Å²) in [6, 6.07) is 8.50. The SMILES string of the molecule is CC.CCc1ccccc1N=C1CC[C-](C)CC1.[Yb]. The van der Waals surface area contributed by atoms with E-state index in [-0.39, 0.29) is 46.9 Å². The minimum Gasteiger partial charge on any atom is -0.316 e. The Hall–Kier alpha value is 0.409. The van der Waals surface area contributed by atoms with Crippen molar-refractivity contribution in [3.63, 3.8) is 0 Å². The van der Waals surface area contributed by atoms with Gasteiger partial charge in [-0.2, -0.15) is 19.8 Å². The Bertz CT molecular complexity index is 375. The second kappa shape index (κ2) is 11.1. The second-order valence-corrected chi connectivity index (χ2v) is 4.62. The average molecular weight is 417 g/mol. The molecule has 114 valence electrons. The van der Waals surface area contributed by atoms with E-state index in [2.05, 4.69) is 38.1 Å². The third kappa shape index (κ3) is 6.60. The molecule has 2 heteroatoms. The Morgan fingerprint density at radius 3 is 2.26 bits per heavy atom. The number of rotatable bonds is 2. The van der Waals surface area contributed by atoms with Crippen LogP contribution < -0.4 is 0 Å².